The first-order valence-corrected chi connectivity index (χ1v) is 5.01. The predicted molar refractivity (Wildman–Crippen MR) is 53.8 cm³/mol. The van der Waals surface area contributed by atoms with Crippen LogP contribution in [-0.2, 0) is 6.18 Å². The van der Waals surface area contributed by atoms with E-state index < -0.39 is 17.3 Å². The van der Waals surface area contributed by atoms with Crippen LogP contribution in [-0.4, -0.2) is 4.57 Å². The predicted octanol–water partition coefficient (Wildman–Crippen LogP) is 3.21. The van der Waals surface area contributed by atoms with Crippen LogP contribution >= 0.6 is 15.9 Å². The Balaban J connectivity index is 3.43. The third-order valence-corrected chi connectivity index (χ3v) is 2.45. The maximum absolute atomic E-state index is 12.4. The fourth-order valence-electron chi connectivity index (χ4n) is 1.11. The number of rotatable bonds is 1. The molecule has 0 aliphatic carbocycles. The summed E-state index contributed by atoms with van der Waals surface area (Å²) in [6.45, 7) is 3.29. The highest BCUT2D eigenvalue weighted by Gasteiger charge is 2.32. The molecule has 15 heavy (non-hydrogen) atoms. The summed E-state index contributed by atoms with van der Waals surface area (Å²) in [4.78, 5) is 11.4. The van der Waals surface area contributed by atoms with Gasteiger partial charge in [0.15, 0.2) is 0 Å². The highest BCUT2D eigenvalue weighted by atomic mass is 79.9. The summed E-state index contributed by atoms with van der Waals surface area (Å²) in [6, 6.07) is 0.484. The topological polar surface area (TPSA) is 22.0 Å². The van der Waals surface area contributed by atoms with Gasteiger partial charge < -0.3 is 4.57 Å². The molecule has 0 fully saturated rings. The fraction of sp³-hybridized carbons (Fsp3) is 0.444. The molecule has 0 atom stereocenters. The first-order chi connectivity index (χ1) is 6.73. The molecule has 0 aliphatic heterocycles. The van der Waals surface area contributed by atoms with Gasteiger partial charge in [0.25, 0.3) is 5.56 Å². The summed E-state index contributed by atoms with van der Waals surface area (Å²) in [5, 5.41) is 0. The fourth-order valence-corrected chi connectivity index (χ4v) is 1.56. The molecule has 0 spiro atoms. The number of nitrogens with zero attached hydrogens (tertiary/aromatic N) is 1. The van der Waals surface area contributed by atoms with Crippen LogP contribution < -0.4 is 5.56 Å². The Hall–Kier alpha value is -0.780. The van der Waals surface area contributed by atoms with Crippen LogP contribution in [0.4, 0.5) is 13.2 Å². The van der Waals surface area contributed by atoms with Gasteiger partial charge >= 0.3 is 6.18 Å². The maximum Gasteiger partial charge on any atom is 0.417 e. The van der Waals surface area contributed by atoms with E-state index in [4.69, 9.17) is 0 Å². The summed E-state index contributed by atoms with van der Waals surface area (Å²) in [6.07, 6.45) is -3.61. The lowest BCUT2D eigenvalue weighted by atomic mass is 10.2. The summed E-state index contributed by atoms with van der Waals surface area (Å²) < 4.78 is 38.2. The third kappa shape index (κ3) is 2.62. The summed E-state index contributed by atoms with van der Waals surface area (Å²) in [7, 11) is 0. The van der Waals surface area contributed by atoms with Crippen LogP contribution in [0.3, 0.4) is 0 Å². The van der Waals surface area contributed by atoms with Gasteiger partial charge in [-0.25, -0.2) is 0 Å². The molecule has 84 valence electrons. The third-order valence-electron chi connectivity index (χ3n) is 1.88. The Bertz CT molecular complexity index is 422. The van der Waals surface area contributed by atoms with E-state index in [0.29, 0.717) is 0 Å². The molecular weight excluding hydrogens is 275 g/mol. The number of hydrogen-bond donors (Lipinski definition) is 0. The Kier molecular flexibility index (Phi) is 3.28. The molecule has 6 heteroatoms. The molecule has 0 amide bonds. The van der Waals surface area contributed by atoms with Crippen LogP contribution in [0.5, 0.6) is 0 Å². The zero-order valence-corrected chi connectivity index (χ0v) is 9.69. The second-order valence-electron chi connectivity index (χ2n) is 3.38. The Labute approximate surface area is 92.8 Å². The highest BCUT2D eigenvalue weighted by Crippen LogP contribution is 2.30. The van der Waals surface area contributed by atoms with E-state index in [-0.39, 0.29) is 10.5 Å². The van der Waals surface area contributed by atoms with Crippen molar-refractivity contribution in [3.05, 3.63) is 32.7 Å². The van der Waals surface area contributed by atoms with E-state index in [1.807, 2.05) is 0 Å². The molecule has 1 aromatic heterocycles. The molecule has 0 N–H and O–H groups in total. The molecule has 0 unspecified atom stereocenters. The Morgan fingerprint density at radius 3 is 2.33 bits per heavy atom. The van der Waals surface area contributed by atoms with Crippen LogP contribution in [0, 0.1) is 0 Å². The van der Waals surface area contributed by atoms with Crippen LogP contribution in [0.1, 0.15) is 25.5 Å². The van der Waals surface area contributed by atoms with E-state index in [0.717, 1.165) is 16.8 Å². The average molecular weight is 284 g/mol. The number of pyridine rings is 1. The van der Waals surface area contributed by atoms with Crippen molar-refractivity contribution >= 4 is 15.9 Å². The van der Waals surface area contributed by atoms with E-state index in [1.54, 1.807) is 13.8 Å². The minimum atomic E-state index is -4.44. The standard InChI is InChI=1S/C9H9BrF3NO/c1-5(2)14-4-6(9(11,12)13)3-7(10)8(14)15/h3-5H,1-2H3. The second kappa shape index (κ2) is 4.00. The monoisotopic (exact) mass is 283 g/mol. The van der Waals surface area contributed by atoms with Crippen molar-refractivity contribution in [3.63, 3.8) is 0 Å². The average Bonchev–Trinajstić information content (AvgIpc) is 2.06. The largest absolute Gasteiger partial charge is 0.417 e. The quantitative estimate of drug-likeness (QED) is 0.776. The van der Waals surface area contributed by atoms with E-state index in [2.05, 4.69) is 15.9 Å². The first kappa shape index (κ1) is 12.3. The zero-order chi connectivity index (χ0) is 11.8. The summed E-state index contributed by atoms with van der Waals surface area (Å²) >= 11 is 2.82. The van der Waals surface area contributed by atoms with Gasteiger partial charge in [0, 0.05) is 12.2 Å². The van der Waals surface area contributed by atoms with E-state index in [9.17, 15) is 18.0 Å². The molecule has 0 radical (unpaired) electrons. The maximum atomic E-state index is 12.4. The van der Waals surface area contributed by atoms with Gasteiger partial charge in [-0.15, -0.1) is 0 Å². The number of aromatic nitrogens is 1. The molecule has 1 aromatic rings. The second-order valence-corrected chi connectivity index (χ2v) is 4.23. The molecule has 1 rings (SSSR count). The molecular formula is C9H9BrF3NO. The van der Waals surface area contributed by atoms with E-state index in [1.165, 1.54) is 0 Å². The molecule has 0 saturated heterocycles. The van der Waals surface area contributed by atoms with Gasteiger partial charge in [0.2, 0.25) is 0 Å². The van der Waals surface area contributed by atoms with Gasteiger partial charge in [-0.1, -0.05) is 0 Å². The van der Waals surface area contributed by atoms with Gasteiger partial charge in [-0.2, -0.15) is 13.2 Å². The summed E-state index contributed by atoms with van der Waals surface area (Å²) in [5.74, 6) is 0. The lowest BCUT2D eigenvalue weighted by Crippen LogP contribution is -2.24. The molecule has 2 nitrogen and oxygen atoms in total. The van der Waals surface area contributed by atoms with Crippen molar-refractivity contribution in [1.82, 2.24) is 4.57 Å². The van der Waals surface area contributed by atoms with Gasteiger partial charge in [0.1, 0.15) is 0 Å². The lowest BCUT2D eigenvalue weighted by molar-refractivity contribution is -0.138. The van der Waals surface area contributed by atoms with Crippen molar-refractivity contribution in [1.29, 1.82) is 0 Å². The first-order valence-electron chi connectivity index (χ1n) is 4.22. The van der Waals surface area contributed by atoms with Crippen molar-refractivity contribution < 1.29 is 13.2 Å². The number of hydrogen-bond acceptors (Lipinski definition) is 1. The van der Waals surface area contributed by atoms with Crippen LogP contribution in [0.2, 0.25) is 0 Å². The van der Waals surface area contributed by atoms with Gasteiger partial charge in [0.05, 0.1) is 10.0 Å². The lowest BCUT2D eigenvalue weighted by Gasteiger charge is -2.14. The van der Waals surface area contributed by atoms with Crippen molar-refractivity contribution in [2.75, 3.05) is 0 Å². The minimum Gasteiger partial charge on any atom is -0.311 e. The molecule has 0 bridgehead atoms. The smallest absolute Gasteiger partial charge is 0.311 e. The van der Waals surface area contributed by atoms with Crippen LogP contribution in [0.15, 0.2) is 21.5 Å². The van der Waals surface area contributed by atoms with E-state index >= 15 is 0 Å². The normalized spacial score (nSPS) is 12.2. The summed E-state index contributed by atoms with van der Waals surface area (Å²) in [5.41, 5.74) is -1.29. The van der Waals surface area contributed by atoms with Gasteiger partial charge in [-0.3, -0.25) is 4.79 Å². The Morgan fingerprint density at radius 1 is 1.40 bits per heavy atom. The highest BCUT2D eigenvalue weighted by molar-refractivity contribution is 9.10. The SMILES string of the molecule is CC(C)n1cc(C(F)(F)F)cc(Br)c1=O. The minimum absolute atomic E-state index is 0.0778. The van der Waals surface area contributed by atoms with Crippen molar-refractivity contribution in [2.45, 2.75) is 26.1 Å². The number of alkyl halides is 3. The van der Waals surface area contributed by atoms with Crippen molar-refractivity contribution in [3.8, 4) is 0 Å². The van der Waals surface area contributed by atoms with Gasteiger partial charge in [-0.05, 0) is 35.8 Å². The van der Waals surface area contributed by atoms with Crippen molar-refractivity contribution in [2.24, 2.45) is 0 Å². The van der Waals surface area contributed by atoms with Crippen LogP contribution in [0.25, 0.3) is 0 Å². The zero-order valence-electron chi connectivity index (χ0n) is 8.10. The molecule has 0 aromatic carbocycles. The molecule has 0 aliphatic rings. The molecule has 0 saturated carbocycles. The molecule has 1 heterocycles. The number of halogens is 4. The Morgan fingerprint density at radius 2 is 1.93 bits per heavy atom.